The second kappa shape index (κ2) is 9.36. The van der Waals surface area contributed by atoms with Crippen molar-refractivity contribution in [3.05, 3.63) is 59.8 Å². The first-order valence-corrected chi connectivity index (χ1v) is 11.3. The molecule has 0 spiro atoms. The van der Waals surface area contributed by atoms with Gasteiger partial charge in [-0.1, -0.05) is 23.9 Å². The summed E-state index contributed by atoms with van der Waals surface area (Å²) in [4.78, 5) is 21.6. The Kier molecular flexibility index (Phi) is 6.40. The SMILES string of the molecule is CCOc1ccc(N2C(=O)/C(=C/c3ccc(N4CCOCC4)cc3)N=C2SC)cc1. The van der Waals surface area contributed by atoms with Crippen LogP contribution in [0.25, 0.3) is 6.08 Å². The fraction of sp³-hybridized carbons (Fsp3) is 0.304. The Morgan fingerprint density at radius 3 is 2.37 bits per heavy atom. The van der Waals surface area contributed by atoms with E-state index in [9.17, 15) is 4.79 Å². The van der Waals surface area contributed by atoms with Gasteiger partial charge in [0.15, 0.2) is 5.17 Å². The zero-order valence-electron chi connectivity index (χ0n) is 17.2. The van der Waals surface area contributed by atoms with Crippen molar-refractivity contribution in [1.82, 2.24) is 0 Å². The van der Waals surface area contributed by atoms with Crippen LogP contribution in [0.1, 0.15) is 12.5 Å². The summed E-state index contributed by atoms with van der Waals surface area (Å²) in [5.74, 6) is 0.660. The number of amides is 1. The maximum atomic E-state index is 13.1. The number of benzene rings is 2. The summed E-state index contributed by atoms with van der Waals surface area (Å²) in [7, 11) is 0. The fourth-order valence-corrected chi connectivity index (χ4v) is 4.04. The van der Waals surface area contributed by atoms with E-state index in [0.29, 0.717) is 17.5 Å². The van der Waals surface area contributed by atoms with Gasteiger partial charge in [-0.15, -0.1) is 0 Å². The van der Waals surface area contributed by atoms with Gasteiger partial charge in [0.2, 0.25) is 0 Å². The van der Waals surface area contributed by atoms with E-state index in [1.54, 1.807) is 4.90 Å². The summed E-state index contributed by atoms with van der Waals surface area (Å²) in [6, 6.07) is 15.7. The van der Waals surface area contributed by atoms with Gasteiger partial charge in [-0.05, 0) is 61.2 Å². The zero-order chi connectivity index (χ0) is 20.9. The van der Waals surface area contributed by atoms with Crippen LogP contribution in [-0.2, 0) is 9.53 Å². The molecule has 0 saturated carbocycles. The lowest BCUT2D eigenvalue weighted by Crippen LogP contribution is -2.36. The van der Waals surface area contributed by atoms with Crippen molar-refractivity contribution in [2.24, 2.45) is 4.99 Å². The quantitative estimate of drug-likeness (QED) is 0.680. The molecular weight excluding hydrogens is 398 g/mol. The topological polar surface area (TPSA) is 54.4 Å². The summed E-state index contributed by atoms with van der Waals surface area (Å²) >= 11 is 1.45. The molecule has 0 N–H and O–H groups in total. The molecular formula is C23H25N3O3S. The summed E-state index contributed by atoms with van der Waals surface area (Å²) in [6.45, 7) is 5.87. The molecule has 2 aliphatic rings. The van der Waals surface area contributed by atoms with Gasteiger partial charge in [-0.2, -0.15) is 0 Å². The first-order valence-electron chi connectivity index (χ1n) is 10.0. The minimum absolute atomic E-state index is 0.124. The summed E-state index contributed by atoms with van der Waals surface area (Å²) in [5.41, 5.74) is 3.34. The number of amidine groups is 1. The third kappa shape index (κ3) is 4.37. The highest BCUT2D eigenvalue weighted by atomic mass is 32.2. The van der Waals surface area contributed by atoms with Crippen LogP contribution in [0.2, 0.25) is 0 Å². The molecule has 30 heavy (non-hydrogen) atoms. The van der Waals surface area contributed by atoms with Crippen molar-refractivity contribution in [3.8, 4) is 5.75 Å². The van der Waals surface area contributed by atoms with Crippen molar-refractivity contribution in [3.63, 3.8) is 0 Å². The second-order valence-corrected chi connectivity index (χ2v) is 7.66. The Labute approximate surface area is 181 Å². The van der Waals surface area contributed by atoms with Gasteiger partial charge in [-0.3, -0.25) is 9.69 Å². The molecule has 1 saturated heterocycles. The normalized spacial score (nSPS) is 18.1. The third-order valence-electron chi connectivity index (χ3n) is 4.99. The predicted molar refractivity (Wildman–Crippen MR) is 123 cm³/mol. The molecule has 0 unspecified atom stereocenters. The third-order valence-corrected chi connectivity index (χ3v) is 5.63. The number of rotatable bonds is 5. The molecule has 1 amide bonds. The van der Waals surface area contributed by atoms with Crippen molar-refractivity contribution in [1.29, 1.82) is 0 Å². The van der Waals surface area contributed by atoms with E-state index in [1.165, 1.54) is 17.4 Å². The second-order valence-electron chi connectivity index (χ2n) is 6.89. The standard InChI is InChI=1S/C23H25N3O3S/c1-3-29-20-10-8-19(9-11-20)26-22(27)21(24-23(26)30-2)16-17-4-6-18(7-5-17)25-12-14-28-15-13-25/h4-11,16H,3,12-15H2,1-2H3/b21-16-. The molecule has 0 bridgehead atoms. The van der Waals surface area contributed by atoms with Gasteiger partial charge >= 0.3 is 0 Å². The van der Waals surface area contributed by atoms with Crippen molar-refractivity contribution in [2.75, 3.05) is 49.0 Å². The molecule has 0 aliphatic carbocycles. The van der Waals surface area contributed by atoms with Gasteiger partial charge in [0.05, 0.1) is 25.5 Å². The minimum Gasteiger partial charge on any atom is -0.494 e. The highest BCUT2D eigenvalue weighted by Gasteiger charge is 2.31. The van der Waals surface area contributed by atoms with E-state index in [0.717, 1.165) is 43.3 Å². The van der Waals surface area contributed by atoms with E-state index in [1.807, 2.05) is 55.7 Å². The van der Waals surface area contributed by atoms with E-state index < -0.39 is 0 Å². The van der Waals surface area contributed by atoms with Crippen molar-refractivity contribution >= 4 is 40.3 Å². The van der Waals surface area contributed by atoms with Crippen molar-refractivity contribution < 1.29 is 14.3 Å². The van der Waals surface area contributed by atoms with Crippen LogP contribution in [0.3, 0.4) is 0 Å². The van der Waals surface area contributed by atoms with Crippen LogP contribution < -0.4 is 14.5 Å². The molecule has 4 rings (SSSR count). The van der Waals surface area contributed by atoms with E-state index in [-0.39, 0.29) is 5.91 Å². The number of hydrogen-bond donors (Lipinski definition) is 0. The van der Waals surface area contributed by atoms with Crippen LogP contribution in [-0.4, -0.2) is 50.2 Å². The van der Waals surface area contributed by atoms with Gasteiger partial charge < -0.3 is 14.4 Å². The van der Waals surface area contributed by atoms with E-state index in [2.05, 4.69) is 22.0 Å². The van der Waals surface area contributed by atoms with Gasteiger partial charge in [0, 0.05) is 18.8 Å². The lowest BCUT2D eigenvalue weighted by Gasteiger charge is -2.28. The largest absolute Gasteiger partial charge is 0.494 e. The highest BCUT2D eigenvalue weighted by Crippen LogP contribution is 2.30. The van der Waals surface area contributed by atoms with Gasteiger partial charge in [0.25, 0.3) is 5.91 Å². The number of anilines is 2. The van der Waals surface area contributed by atoms with Crippen LogP contribution in [0.4, 0.5) is 11.4 Å². The van der Waals surface area contributed by atoms with Gasteiger partial charge in [0.1, 0.15) is 11.4 Å². The van der Waals surface area contributed by atoms with Crippen LogP contribution in [0, 0.1) is 0 Å². The fourth-order valence-electron chi connectivity index (χ4n) is 3.48. The molecule has 156 valence electrons. The molecule has 2 heterocycles. The highest BCUT2D eigenvalue weighted by molar-refractivity contribution is 8.13. The molecule has 0 atom stereocenters. The number of ether oxygens (including phenoxy) is 2. The Morgan fingerprint density at radius 2 is 1.73 bits per heavy atom. The molecule has 2 aromatic rings. The molecule has 6 nitrogen and oxygen atoms in total. The smallest absolute Gasteiger partial charge is 0.283 e. The molecule has 7 heteroatoms. The lowest BCUT2D eigenvalue weighted by atomic mass is 10.1. The average Bonchev–Trinajstić information content (AvgIpc) is 3.11. The van der Waals surface area contributed by atoms with E-state index >= 15 is 0 Å². The summed E-state index contributed by atoms with van der Waals surface area (Å²) in [6.07, 6.45) is 3.77. The van der Waals surface area contributed by atoms with Gasteiger partial charge in [-0.25, -0.2) is 4.99 Å². The van der Waals surface area contributed by atoms with Crippen LogP contribution in [0.5, 0.6) is 5.75 Å². The monoisotopic (exact) mass is 423 g/mol. The maximum Gasteiger partial charge on any atom is 0.283 e. The lowest BCUT2D eigenvalue weighted by molar-refractivity contribution is -0.113. The summed E-state index contributed by atoms with van der Waals surface area (Å²) < 4.78 is 10.9. The number of carbonyl (C=O) groups is 1. The Hall–Kier alpha value is -2.77. The number of thioether (sulfide) groups is 1. The summed E-state index contributed by atoms with van der Waals surface area (Å²) in [5, 5.41) is 0.667. The Bertz CT molecular complexity index is 949. The predicted octanol–water partition coefficient (Wildman–Crippen LogP) is 4.03. The molecule has 2 aromatic carbocycles. The Balaban J connectivity index is 1.53. The average molecular weight is 424 g/mol. The maximum absolute atomic E-state index is 13.1. The first-order chi connectivity index (χ1) is 14.7. The molecule has 0 aromatic heterocycles. The van der Waals surface area contributed by atoms with Crippen LogP contribution in [0.15, 0.2) is 59.2 Å². The molecule has 0 radical (unpaired) electrons. The number of nitrogens with zero attached hydrogens (tertiary/aromatic N) is 3. The van der Waals surface area contributed by atoms with Crippen LogP contribution >= 0.6 is 11.8 Å². The van der Waals surface area contributed by atoms with Crippen molar-refractivity contribution in [2.45, 2.75) is 6.92 Å². The molecule has 1 fully saturated rings. The number of morpholine rings is 1. The Morgan fingerprint density at radius 1 is 1.07 bits per heavy atom. The minimum atomic E-state index is -0.124. The number of aliphatic imine (C=N–C) groups is 1. The van der Waals surface area contributed by atoms with E-state index in [4.69, 9.17) is 9.47 Å². The number of hydrogen-bond acceptors (Lipinski definition) is 6. The molecule has 2 aliphatic heterocycles. The number of carbonyl (C=O) groups excluding carboxylic acids is 1. The zero-order valence-corrected chi connectivity index (χ0v) is 18.0. The first kappa shape index (κ1) is 20.5.